The molecular weight excluding hydrogens is 1760 g/mol. The van der Waals surface area contributed by atoms with Crippen molar-refractivity contribution in [3.8, 4) is 0 Å². The van der Waals surface area contributed by atoms with E-state index in [0.29, 0.717) is 134 Å². The molecule has 734 valence electrons. The van der Waals surface area contributed by atoms with Crippen molar-refractivity contribution in [1.29, 1.82) is 0 Å². The number of nitrogens with two attached hydrogens (primary N) is 1. The Morgan fingerprint density at radius 2 is 0.801 bits per heavy atom. The van der Waals surface area contributed by atoms with Gasteiger partial charge in [0.05, 0.1) is 56.7 Å². The third-order valence-electron chi connectivity index (χ3n) is 23.4. The monoisotopic (exact) mass is 1890 g/mol. The number of aromatic nitrogens is 9. The van der Waals surface area contributed by atoms with Gasteiger partial charge in [0.1, 0.15) is 6.61 Å². The number of morpholine rings is 3. The molecule has 5 saturated heterocycles. The average Bonchev–Trinajstić information content (AvgIpc) is 1.62. The minimum atomic E-state index is -4.64. The van der Waals surface area contributed by atoms with E-state index in [4.69, 9.17) is 69.5 Å². The number of aldehydes is 1. The Labute approximate surface area is 788 Å². The lowest BCUT2D eigenvalue weighted by Gasteiger charge is -2.29. The molecular formula is C96H127F3N20O17. The molecule has 136 heavy (non-hydrogen) atoms. The number of imidazole rings is 3. The van der Waals surface area contributed by atoms with Gasteiger partial charge in [0, 0.05) is 240 Å². The number of anilines is 9. The van der Waals surface area contributed by atoms with Crippen LogP contribution in [0.1, 0.15) is 159 Å². The second kappa shape index (κ2) is 54.4. The van der Waals surface area contributed by atoms with Gasteiger partial charge in [-0.15, -0.1) is 0 Å². The van der Waals surface area contributed by atoms with Crippen molar-refractivity contribution in [1.82, 2.24) is 63.3 Å². The Morgan fingerprint density at radius 1 is 0.471 bits per heavy atom. The topological polar surface area (TPSA) is 429 Å². The van der Waals surface area contributed by atoms with E-state index < -0.39 is 25.0 Å². The quantitative estimate of drug-likeness (QED) is 0.0114. The molecule has 0 bridgehead atoms. The second-order valence-electron chi connectivity index (χ2n) is 33.0. The van der Waals surface area contributed by atoms with E-state index in [1.165, 1.54) is 23.5 Å². The first-order valence-corrected chi connectivity index (χ1v) is 46.2. The third kappa shape index (κ3) is 32.1. The Kier molecular flexibility index (Phi) is 41.6. The highest BCUT2D eigenvalue weighted by atomic mass is 19.4. The number of hydrogen-bond acceptors (Lipinski definition) is 29. The van der Waals surface area contributed by atoms with Crippen molar-refractivity contribution >= 4 is 127 Å². The Bertz CT molecular complexity index is 5380. The van der Waals surface area contributed by atoms with Crippen LogP contribution in [0.15, 0.2) is 147 Å². The van der Waals surface area contributed by atoms with Crippen LogP contribution in [0.25, 0.3) is 33.7 Å². The molecule has 17 rings (SSSR count). The summed E-state index contributed by atoms with van der Waals surface area (Å²) in [4.78, 5) is 132. The predicted octanol–water partition coefficient (Wildman–Crippen LogP) is 12.1. The molecule has 40 heteroatoms. The van der Waals surface area contributed by atoms with E-state index in [0.717, 1.165) is 212 Å². The number of amides is 4. The molecule has 14 heterocycles. The van der Waals surface area contributed by atoms with E-state index in [2.05, 4.69) is 123 Å². The van der Waals surface area contributed by atoms with Gasteiger partial charge in [-0.1, -0.05) is 25.7 Å². The molecule has 5 fully saturated rings. The molecule has 9 N–H and O–H groups in total. The first-order chi connectivity index (χ1) is 65.8. The number of nitrogens with zero attached hydrogens (tertiary/aromatic N) is 15. The highest BCUT2D eigenvalue weighted by Crippen LogP contribution is 2.33. The first kappa shape index (κ1) is 104. The summed E-state index contributed by atoms with van der Waals surface area (Å²) < 4.78 is 64.0. The van der Waals surface area contributed by atoms with Crippen molar-refractivity contribution in [2.45, 2.75) is 161 Å². The van der Waals surface area contributed by atoms with Crippen molar-refractivity contribution in [3.63, 3.8) is 0 Å². The summed E-state index contributed by atoms with van der Waals surface area (Å²) in [5.74, 6) is 5.88. The van der Waals surface area contributed by atoms with E-state index in [1.54, 1.807) is 18.6 Å². The van der Waals surface area contributed by atoms with Crippen molar-refractivity contribution < 1.29 is 95.4 Å². The van der Waals surface area contributed by atoms with Crippen LogP contribution in [0, 0.1) is 0 Å². The number of hydroxylamine groups is 1. The Morgan fingerprint density at radius 3 is 1.11 bits per heavy atom. The van der Waals surface area contributed by atoms with Gasteiger partial charge in [-0.05, 0) is 173 Å². The maximum absolute atomic E-state index is 13.1. The van der Waals surface area contributed by atoms with Gasteiger partial charge < -0.3 is 97.6 Å². The van der Waals surface area contributed by atoms with Gasteiger partial charge in [-0.2, -0.15) is 13.2 Å². The third-order valence-corrected chi connectivity index (χ3v) is 23.4. The van der Waals surface area contributed by atoms with E-state index in [-0.39, 0.29) is 55.8 Å². The number of ketones is 1. The zero-order chi connectivity index (χ0) is 95.1. The molecule has 0 radical (unpaired) electrons. The van der Waals surface area contributed by atoms with Gasteiger partial charge in [0.2, 0.25) is 29.9 Å². The summed E-state index contributed by atoms with van der Waals surface area (Å²) in [6.45, 7) is 14.3. The molecule has 2 unspecified atom stereocenters. The molecule has 9 aromatic rings. The normalized spacial score (nSPS) is 17.3. The highest BCUT2D eigenvalue weighted by Gasteiger charge is 2.29. The van der Waals surface area contributed by atoms with Crippen molar-refractivity contribution in [2.24, 2.45) is 5.90 Å². The summed E-state index contributed by atoms with van der Waals surface area (Å²) in [5.41, 5.74) is 16.3. The smallest absolute Gasteiger partial charge is 0.446 e. The molecule has 8 aliphatic rings. The van der Waals surface area contributed by atoms with E-state index >= 15 is 0 Å². The standard InChI is InChI=1S/C32H41N7O5.C28H34N6O4.C27H32N6O4.C5H11NO2.C2HF3O.CH4O.CH4/c40-28(36-44-30-9-3-4-19-43-30)7-1-2-8-29(41)38-15-5-6-24(22-38)27-23-39-16-14-33-32(39)31(35-27)34-25-10-12-26(13-11-25)37-17-20-42-21-18-37;35-20-24(36)5-1-2-6-26(37)33-12-3-4-21(18-33)25-19-34-13-11-29-28(34)27(31-25)30-22-7-9-23(10-8-22)32-14-16-38-17-15-32;34-24(5-1-2-6-25(35)36)32-12-3-4-20(18-32)23-19-33-13-11-28-27(33)26(30-23)29-21-7-9-22(10-8-21)31-14-16-37-17-15-31;6-8-5-3-1-2-4-7-5;3-2(4,5)1-6;1-2;/h6,10-14,16,23,30H,1-5,7-9,15,17-22H2,(H,34,35)(H,36,40);4,7-11,13,19,35H,1-3,5-6,12,14-18,20H2,(H,30,31);4,7-11,13,19H,1-3,5-6,12,14-18H2,(H,29,30)(H,35,36);5H,1-4,6H2;1H;2H,1H3;1H4. The van der Waals surface area contributed by atoms with Gasteiger partial charge in [-0.3, -0.25) is 38.4 Å². The van der Waals surface area contributed by atoms with Crippen LogP contribution in [0.3, 0.4) is 0 Å². The minimum Gasteiger partial charge on any atom is -0.481 e. The number of carbonyl (C=O) groups excluding carboxylic acids is 6. The highest BCUT2D eigenvalue weighted by molar-refractivity contribution is 5.85. The molecule has 8 aliphatic heterocycles. The summed E-state index contributed by atoms with van der Waals surface area (Å²) >= 11 is 0. The lowest BCUT2D eigenvalue weighted by Crippen LogP contribution is -2.36. The van der Waals surface area contributed by atoms with Crippen LogP contribution in [0.2, 0.25) is 0 Å². The van der Waals surface area contributed by atoms with E-state index in [9.17, 15) is 41.9 Å². The second-order valence-corrected chi connectivity index (χ2v) is 33.0. The number of aliphatic hydroxyl groups excluding tert-OH is 2. The fourth-order valence-electron chi connectivity index (χ4n) is 16.2. The number of fused-ring (bicyclic) bond motifs is 3. The number of rotatable bonds is 31. The predicted molar refractivity (Wildman–Crippen MR) is 509 cm³/mol. The number of nitrogens with one attached hydrogen (secondary N) is 4. The lowest BCUT2D eigenvalue weighted by molar-refractivity contribution is -0.200. The number of unbranched alkanes of at least 4 members (excludes halogenated alkanes) is 3. The first-order valence-electron chi connectivity index (χ1n) is 46.2. The molecule has 37 nitrogen and oxygen atoms in total. The number of benzene rings is 3. The zero-order valence-electron chi connectivity index (χ0n) is 76.3. The number of aliphatic carboxylic acids is 1. The number of ether oxygens (including phenoxy) is 5. The molecule has 6 aromatic heterocycles. The maximum Gasteiger partial charge on any atom is 0.446 e. The number of halogens is 3. The number of Topliss-reactive ketones (excluding diaryl/α,β-unsaturated/α-hetero) is 1. The number of carboxylic acid groups (broad SMARTS) is 1. The average molecular weight is 1890 g/mol. The van der Waals surface area contributed by atoms with Gasteiger partial charge in [0.15, 0.2) is 52.8 Å². The molecule has 3 aromatic carbocycles. The molecule has 0 saturated carbocycles. The number of carboxylic acids is 1. The number of carbonyl (C=O) groups is 7. The SMILES string of the molecule is C.CO.NOC1CCCCO1.O=C(CCCCC(=O)N1CCC=C(c2cn3ccnc3c(Nc3ccc(N4CCOCC4)cc3)n2)C1)NOC1CCCCO1.O=C(CO)CCCCC(=O)N1CCC=C(c2cn3ccnc3c(Nc3ccc(N4CCOCC4)cc3)n2)C1.O=C(O)CCCCC(=O)N1CCC=C(c2cn3ccnc3c(Nc3ccc(N4CCOCC4)cc3)n2)C1.O=CC(F)(F)F. The molecule has 0 spiro atoms. The lowest BCUT2D eigenvalue weighted by atomic mass is 10.1. The zero-order valence-corrected chi connectivity index (χ0v) is 76.3. The number of hydrogen-bond donors (Lipinski definition) is 8. The number of aliphatic hydroxyl groups is 2. The molecule has 2 atom stereocenters. The summed E-state index contributed by atoms with van der Waals surface area (Å²) in [6, 6.07) is 24.9. The fourth-order valence-corrected chi connectivity index (χ4v) is 16.2. The van der Waals surface area contributed by atoms with Crippen molar-refractivity contribution in [3.05, 3.63) is 164 Å². The van der Waals surface area contributed by atoms with Gasteiger partial charge in [0.25, 0.3) is 0 Å². The van der Waals surface area contributed by atoms with Gasteiger partial charge >= 0.3 is 12.1 Å². The largest absolute Gasteiger partial charge is 0.481 e. The Balaban J connectivity index is 0.000000181. The minimum absolute atomic E-state index is 0. The summed E-state index contributed by atoms with van der Waals surface area (Å²) in [7, 11) is 1.00. The van der Waals surface area contributed by atoms with Gasteiger partial charge in [-0.25, -0.2) is 46.1 Å². The number of alkyl halides is 3. The fraction of sp³-hybridized carbons (Fsp3) is 0.490. The van der Waals surface area contributed by atoms with Crippen molar-refractivity contribution in [2.75, 3.05) is 176 Å². The van der Waals surface area contributed by atoms with Crippen LogP contribution >= 0.6 is 0 Å². The van der Waals surface area contributed by atoms with Crippen LogP contribution in [-0.2, 0) is 66.9 Å². The van der Waals surface area contributed by atoms with Crippen LogP contribution in [0.4, 0.5) is 64.7 Å². The molecule has 0 aliphatic carbocycles. The van der Waals surface area contributed by atoms with Crippen LogP contribution in [-0.4, -0.2) is 279 Å². The van der Waals surface area contributed by atoms with Crippen LogP contribution < -0.4 is 42.0 Å². The maximum atomic E-state index is 13.1. The summed E-state index contributed by atoms with van der Waals surface area (Å²) in [6.07, 6.45) is 30.9. The van der Waals surface area contributed by atoms with E-state index in [1.807, 2.05) is 89.3 Å². The van der Waals surface area contributed by atoms with Crippen LogP contribution in [0.5, 0.6) is 0 Å². The molecule has 4 amide bonds. The summed E-state index contributed by atoms with van der Waals surface area (Å²) in [5, 5.41) is 35.0. The Hall–Kier alpha value is -12.4.